The second-order valence-corrected chi connectivity index (χ2v) is 4.82. The van der Waals surface area contributed by atoms with Crippen LogP contribution < -0.4 is 4.57 Å². The molecule has 3 aromatic rings. The molecule has 20 heavy (non-hydrogen) atoms. The Kier molecular flexibility index (Phi) is 3.25. The number of aryl methyl sites for hydroxylation is 2. The third kappa shape index (κ3) is 2.30. The minimum Gasteiger partial charge on any atom is -0.261 e. The van der Waals surface area contributed by atoms with Crippen LogP contribution in [0.5, 0.6) is 0 Å². The minimum absolute atomic E-state index is 0.888. The standard InChI is InChI=1S/C17H16N3/c1-13-5-3-4-6-15(13)17-8-7-14(12-20(17)2)16-11-18-9-10-19-16/h3-12H,1-2H3/q+1. The van der Waals surface area contributed by atoms with E-state index in [4.69, 9.17) is 0 Å². The van der Waals surface area contributed by atoms with Crippen LogP contribution in [0.3, 0.4) is 0 Å². The Morgan fingerprint density at radius 3 is 2.55 bits per heavy atom. The monoisotopic (exact) mass is 262 g/mol. The molecule has 0 saturated heterocycles. The van der Waals surface area contributed by atoms with Crippen LogP contribution >= 0.6 is 0 Å². The summed E-state index contributed by atoms with van der Waals surface area (Å²) in [5.41, 5.74) is 5.67. The highest BCUT2D eigenvalue weighted by atomic mass is 14.9. The van der Waals surface area contributed by atoms with Crippen molar-refractivity contribution >= 4 is 0 Å². The maximum absolute atomic E-state index is 4.33. The highest BCUT2D eigenvalue weighted by molar-refractivity contribution is 5.63. The summed E-state index contributed by atoms with van der Waals surface area (Å²) in [4.78, 5) is 8.45. The predicted octanol–water partition coefficient (Wildman–Crippen LogP) is 2.94. The lowest BCUT2D eigenvalue weighted by Gasteiger charge is -2.05. The lowest BCUT2D eigenvalue weighted by atomic mass is 10.0. The largest absolute Gasteiger partial charge is 0.261 e. The molecule has 0 aliphatic heterocycles. The van der Waals surface area contributed by atoms with Crippen molar-refractivity contribution < 1.29 is 4.57 Å². The number of aromatic nitrogens is 3. The lowest BCUT2D eigenvalue weighted by molar-refractivity contribution is -0.659. The fourth-order valence-corrected chi connectivity index (χ4v) is 2.35. The van der Waals surface area contributed by atoms with Gasteiger partial charge in [0.25, 0.3) is 0 Å². The Bertz CT molecular complexity index is 736. The maximum Gasteiger partial charge on any atom is 0.212 e. The second-order valence-electron chi connectivity index (χ2n) is 4.82. The molecule has 0 aliphatic rings. The third-order valence-corrected chi connectivity index (χ3v) is 3.41. The van der Waals surface area contributed by atoms with Crippen LogP contribution in [0, 0.1) is 6.92 Å². The second kappa shape index (κ2) is 5.21. The molecule has 0 saturated carbocycles. The number of rotatable bonds is 2. The van der Waals surface area contributed by atoms with Crippen molar-refractivity contribution in [2.75, 3.05) is 0 Å². The van der Waals surface area contributed by atoms with Crippen molar-refractivity contribution in [3.05, 3.63) is 66.7 Å². The maximum atomic E-state index is 4.33. The normalized spacial score (nSPS) is 10.5. The van der Waals surface area contributed by atoms with E-state index < -0.39 is 0 Å². The van der Waals surface area contributed by atoms with E-state index in [0.29, 0.717) is 0 Å². The fraction of sp³-hybridized carbons (Fsp3) is 0.118. The van der Waals surface area contributed by atoms with E-state index in [0.717, 1.165) is 11.3 Å². The SMILES string of the molecule is Cc1ccccc1-c1ccc(-c2cnccn2)c[n+]1C. The quantitative estimate of drug-likeness (QED) is 0.665. The Morgan fingerprint density at radius 2 is 1.85 bits per heavy atom. The molecule has 2 heterocycles. The van der Waals surface area contributed by atoms with E-state index in [1.54, 1.807) is 18.6 Å². The Morgan fingerprint density at radius 1 is 1.00 bits per heavy atom. The fourth-order valence-electron chi connectivity index (χ4n) is 2.35. The Labute approximate surface area is 118 Å². The van der Waals surface area contributed by atoms with E-state index in [1.165, 1.54) is 16.8 Å². The smallest absolute Gasteiger partial charge is 0.212 e. The van der Waals surface area contributed by atoms with Crippen LogP contribution in [0.4, 0.5) is 0 Å². The summed E-state index contributed by atoms with van der Waals surface area (Å²) in [5.74, 6) is 0. The molecule has 0 N–H and O–H groups in total. The lowest BCUT2D eigenvalue weighted by Crippen LogP contribution is -2.30. The topological polar surface area (TPSA) is 29.7 Å². The third-order valence-electron chi connectivity index (χ3n) is 3.41. The zero-order chi connectivity index (χ0) is 13.9. The summed E-state index contributed by atoms with van der Waals surface area (Å²) in [6.07, 6.45) is 7.27. The minimum atomic E-state index is 0.888. The molecule has 0 unspecified atom stereocenters. The predicted molar refractivity (Wildman–Crippen MR) is 78.8 cm³/mol. The van der Waals surface area contributed by atoms with Gasteiger partial charge in [-0.1, -0.05) is 18.2 Å². The van der Waals surface area contributed by atoms with E-state index >= 15 is 0 Å². The van der Waals surface area contributed by atoms with Crippen LogP contribution in [-0.4, -0.2) is 9.97 Å². The summed E-state index contributed by atoms with van der Waals surface area (Å²) in [5, 5.41) is 0. The molecule has 0 radical (unpaired) electrons. The van der Waals surface area contributed by atoms with Gasteiger partial charge in [0.15, 0.2) is 6.20 Å². The van der Waals surface area contributed by atoms with Gasteiger partial charge in [0.05, 0.1) is 17.5 Å². The molecule has 0 fully saturated rings. The average Bonchev–Trinajstić information content (AvgIpc) is 2.49. The first-order chi connectivity index (χ1) is 9.75. The van der Waals surface area contributed by atoms with Gasteiger partial charge < -0.3 is 0 Å². The van der Waals surface area contributed by atoms with Crippen LogP contribution in [0.2, 0.25) is 0 Å². The number of pyridine rings is 1. The van der Waals surface area contributed by atoms with Crippen LogP contribution in [-0.2, 0) is 7.05 Å². The van der Waals surface area contributed by atoms with Crippen LogP contribution in [0.1, 0.15) is 5.56 Å². The molecule has 2 aromatic heterocycles. The molecule has 3 rings (SSSR count). The summed E-state index contributed by atoms with van der Waals surface area (Å²) in [6.45, 7) is 2.13. The van der Waals surface area contributed by atoms with E-state index in [2.05, 4.69) is 71.1 Å². The highest BCUT2D eigenvalue weighted by Gasteiger charge is 2.13. The summed E-state index contributed by atoms with van der Waals surface area (Å²) < 4.78 is 2.13. The molecule has 3 nitrogen and oxygen atoms in total. The molecular weight excluding hydrogens is 246 g/mol. The van der Waals surface area contributed by atoms with E-state index in [1.807, 2.05) is 0 Å². The first-order valence-electron chi connectivity index (χ1n) is 6.58. The Hall–Kier alpha value is -2.55. The molecular formula is C17H16N3+. The van der Waals surface area contributed by atoms with Crippen molar-refractivity contribution in [2.24, 2.45) is 7.05 Å². The number of benzene rings is 1. The molecule has 1 aromatic carbocycles. The highest BCUT2D eigenvalue weighted by Crippen LogP contribution is 2.22. The zero-order valence-corrected chi connectivity index (χ0v) is 11.6. The van der Waals surface area contributed by atoms with Crippen LogP contribution in [0.15, 0.2) is 61.2 Å². The van der Waals surface area contributed by atoms with E-state index in [9.17, 15) is 0 Å². The summed E-state index contributed by atoms with van der Waals surface area (Å²) in [7, 11) is 2.06. The van der Waals surface area contributed by atoms with Gasteiger partial charge in [-0.2, -0.15) is 0 Å². The van der Waals surface area contributed by atoms with Gasteiger partial charge in [-0.3, -0.25) is 9.97 Å². The summed E-state index contributed by atoms with van der Waals surface area (Å²) >= 11 is 0. The van der Waals surface area contributed by atoms with Gasteiger partial charge in [0.1, 0.15) is 7.05 Å². The average molecular weight is 262 g/mol. The van der Waals surface area contributed by atoms with Crippen molar-refractivity contribution in [3.8, 4) is 22.5 Å². The van der Waals surface area contributed by atoms with Gasteiger partial charge in [-0.25, -0.2) is 4.57 Å². The van der Waals surface area contributed by atoms with Gasteiger partial charge in [-0.05, 0) is 24.6 Å². The van der Waals surface area contributed by atoms with Crippen LogP contribution in [0.25, 0.3) is 22.5 Å². The molecule has 0 bridgehead atoms. The molecule has 0 atom stereocenters. The number of hydrogen-bond acceptors (Lipinski definition) is 2. The van der Waals surface area contributed by atoms with Gasteiger partial charge in [0.2, 0.25) is 5.69 Å². The van der Waals surface area contributed by atoms with Crippen molar-refractivity contribution in [1.82, 2.24) is 9.97 Å². The Balaban J connectivity index is 2.07. The van der Waals surface area contributed by atoms with Gasteiger partial charge >= 0.3 is 0 Å². The van der Waals surface area contributed by atoms with E-state index in [-0.39, 0.29) is 0 Å². The first kappa shape index (κ1) is 12.5. The molecule has 0 aliphatic carbocycles. The molecule has 0 amide bonds. The molecule has 98 valence electrons. The summed E-state index contributed by atoms with van der Waals surface area (Å²) in [6, 6.07) is 12.6. The first-order valence-corrected chi connectivity index (χ1v) is 6.58. The molecule has 0 spiro atoms. The zero-order valence-electron chi connectivity index (χ0n) is 11.6. The number of hydrogen-bond donors (Lipinski definition) is 0. The van der Waals surface area contributed by atoms with Crippen molar-refractivity contribution in [1.29, 1.82) is 0 Å². The van der Waals surface area contributed by atoms with Gasteiger partial charge in [0, 0.05) is 24.0 Å². The van der Waals surface area contributed by atoms with Crippen molar-refractivity contribution in [2.45, 2.75) is 6.92 Å². The van der Waals surface area contributed by atoms with Crippen molar-refractivity contribution in [3.63, 3.8) is 0 Å². The van der Waals surface area contributed by atoms with Gasteiger partial charge in [-0.15, -0.1) is 0 Å². The number of nitrogens with zero attached hydrogens (tertiary/aromatic N) is 3. The molecule has 3 heteroatoms.